The van der Waals surface area contributed by atoms with Gasteiger partial charge in [0.1, 0.15) is 6.79 Å². The van der Waals surface area contributed by atoms with Crippen molar-refractivity contribution in [1.29, 1.82) is 0 Å². The van der Waals surface area contributed by atoms with Crippen LogP contribution in [0.5, 0.6) is 0 Å². The number of unbranched alkanes of at least 4 members (excludes halogenated alkanes) is 1. The summed E-state index contributed by atoms with van der Waals surface area (Å²) in [6.45, 7) is 3.94. The van der Waals surface area contributed by atoms with Crippen LogP contribution in [-0.2, 0) is 15.9 Å². The molecule has 1 N–H and O–H groups in total. The molecule has 0 saturated carbocycles. The van der Waals surface area contributed by atoms with E-state index in [0.717, 1.165) is 25.7 Å². The van der Waals surface area contributed by atoms with Crippen molar-refractivity contribution in [3.05, 3.63) is 48.6 Å². The summed E-state index contributed by atoms with van der Waals surface area (Å²) in [6.07, 6.45) is 6.93. The van der Waals surface area contributed by atoms with E-state index in [9.17, 15) is 5.11 Å². The van der Waals surface area contributed by atoms with Gasteiger partial charge >= 0.3 is 0 Å². The van der Waals surface area contributed by atoms with Crippen molar-refractivity contribution in [2.75, 3.05) is 13.9 Å². The molecule has 0 aliphatic carbocycles. The molecule has 0 aliphatic heterocycles. The Balaban J connectivity index is 2.26. The molecule has 0 fully saturated rings. The molecular weight excluding hydrogens is 264 g/mol. The van der Waals surface area contributed by atoms with E-state index >= 15 is 0 Å². The molecule has 1 aromatic carbocycles. The van der Waals surface area contributed by atoms with Crippen molar-refractivity contribution in [2.24, 2.45) is 0 Å². The average molecular weight is 292 g/mol. The summed E-state index contributed by atoms with van der Waals surface area (Å²) in [5.41, 5.74) is 1.37. The van der Waals surface area contributed by atoms with Crippen molar-refractivity contribution in [1.82, 2.24) is 0 Å². The molecule has 3 nitrogen and oxygen atoms in total. The minimum Gasteiger partial charge on any atom is -0.393 e. The highest BCUT2D eigenvalue weighted by molar-refractivity contribution is 5.14. The Morgan fingerprint density at radius 1 is 1.24 bits per heavy atom. The van der Waals surface area contributed by atoms with Gasteiger partial charge < -0.3 is 14.6 Å². The molecule has 0 aromatic heterocycles. The predicted octanol–water partition coefficient (Wildman–Crippen LogP) is 3.72. The fourth-order valence-electron chi connectivity index (χ4n) is 2.37. The minimum absolute atomic E-state index is 0.0515. The lowest BCUT2D eigenvalue weighted by atomic mass is 10.0. The Hall–Kier alpha value is -1.16. The normalized spacial score (nSPS) is 13.8. The third-order valence-corrected chi connectivity index (χ3v) is 3.48. The largest absolute Gasteiger partial charge is 0.393 e. The molecule has 0 heterocycles. The van der Waals surface area contributed by atoms with E-state index in [2.05, 4.69) is 30.8 Å². The molecule has 118 valence electrons. The second kappa shape index (κ2) is 11.5. The Kier molecular flexibility index (Phi) is 9.79. The minimum atomic E-state index is -0.376. The topological polar surface area (TPSA) is 38.7 Å². The van der Waals surface area contributed by atoms with Gasteiger partial charge in [-0.2, -0.15) is 0 Å². The van der Waals surface area contributed by atoms with E-state index in [1.54, 1.807) is 13.2 Å². The Morgan fingerprint density at radius 3 is 2.67 bits per heavy atom. The van der Waals surface area contributed by atoms with Gasteiger partial charge in [0.25, 0.3) is 0 Å². The number of benzene rings is 1. The number of aliphatic hydroxyl groups excluding tert-OH is 1. The van der Waals surface area contributed by atoms with Gasteiger partial charge in [0.05, 0.1) is 12.2 Å². The SMILES string of the molecule is C=CC[C@@H](O)C[C@@H](CCCCc1ccccc1)OCOC. The second-order valence-corrected chi connectivity index (χ2v) is 5.34. The molecule has 1 rings (SSSR count). The summed E-state index contributed by atoms with van der Waals surface area (Å²) >= 11 is 0. The number of hydrogen-bond acceptors (Lipinski definition) is 3. The van der Waals surface area contributed by atoms with E-state index in [4.69, 9.17) is 9.47 Å². The van der Waals surface area contributed by atoms with Crippen molar-refractivity contribution in [3.63, 3.8) is 0 Å². The fourth-order valence-corrected chi connectivity index (χ4v) is 2.37. The van der Waals surface area contributed by atoms with E-state index in [-0.39, 0.29) is 19.0 Å². The van der Waals surface area contributed by atoms with Gasteiger partial charge in [0.2, 0.25) is 0 Å². The van der Waals surface area contributed by atoms with Crippen LogP contribution >= 0.6 is 0 Å². The van der Waals surface area contributed by atoms with Crippen LogP contribution in [0, 0.1) is 0 Å². The van der Waals surface area contributed by atoms with Gasteiger partial charge in [0.15, 0.2) is 0 Å². The van der Waals surface area contributed by atoms with Crippen LogP contribution in [0.15, 0.2) is 43.0 Å². The van der Waals surface area contributed by atoms with Crippen LogP contribution in [0.25, 0.3) is 0 Å². The van der Waals surface area contributed by atoms with Crippen molar-refractivity contribution in [2.45, 2.75) is 50.7 Å². The molecule has 0 bridgehead atoms. The number of aryl methyl sites for hydroxylation is 1. The highest BCUT2D eigenvalue weighted by Crippen LogP contribution is 2.15. The van der Waals surface area contributed by atoms with Gasteiger partial charge in [-0.1, -0.05) is 42.8 Å². The van der Waals surface area contributed by atoms with E-state index in [1.807, 2.05) is 6.07 Å². The van der Waals surface area contributed by atoms with Gasteiger partial charge in [0, 0.05) is 7.11 Å². The van der Waals surface area contributed by atoms with Crippen molar-refractivity contribution in [3.8, 4) is 0 Å². The maximum absolute atomic E-state index is 9.86. The standard InChI is InChI=1S/C18H28O3/c1-3-9-17(19)14-18(21-15-20-2)13-8-7-12-16-10-5-4-6-11-16/h3-6,10-11,17-19H,1,7-9,12-15H2,2H3/t17-,18-/m1/s1. The summed E-state index contributed by atoms with van der Waals surface area (Å²) in [5, 5.41) is 9.86. The third-order valence-electron chi connectivity index (χ3n) is 3.48. The first-order valence-corrected chi connectivity index (χ1v) is 7.69. The van der Waals surface area contributed by atoms with Crippen LogP contribution < -0.4 is 0 Å². The van der Waals surface area contributed by atoms with Crippen LogP contribution in [0.3, 0.4) is 0 Å². The Bertz CT molecular complexity index is 364. The van der Waals surface area contributed by atoms with Crippen LogP contribution in [-0.4, -0.2) is 31.2 Å². The average Bonchev–Trinajstić information content (AvgIpc) is 2.50. The smallest absolute Gasteiger partial charge is 0.146 e. The Labute approximate surface area is 128 Å². The number of methoxy groups -OCH3 is 1. The number of ether oxygens (including phenoxy) is 2. The van der Waals surface area contributed by atoms with Crippen LogP contribution in [0.1, 0.15) is 37.7 Å². The monoisotopic (exact) mass is 292 g/mol. The maximum atomic E-state index is 9.86. The summed E-state index contributed by atoms with van der Waals surface area (Å²) in [7, 11) is 1.62. The third kappa shape index (κ3) is 8.66. The lowest BCUT2D eigenvalue weighted by molar-refractivity contribution is -0.0869. The molecule has 1 aromatic rings. The zero-order chi connectivity index (χ0) is 15.3. The summed E-state index contributed by atoms with van der Waals surface area (Å²) in [6, 6.07) is 10.5. The molecule has 0 spiro atoms. The summed E-state index contributed by atoms with van der Waals surface area (Å²) in [4.78, 5) is 0. The number of rotatable bonds is 12. The van der Waals surface area contributed by atoms with Gasteiger partial charge in [-0.25, -0.2) is 0 Å². The fraction of sp³-hybridized carbons (Fsp3) is 0.556. The summed E-state index contributed by atoms with van der Waals surface area (Å²) < 4.78 is 10.6. The first-order chi connectivity index (χ1) is 10.3. The lowest BCUT2D eigenvalue weighted by Gasteiger charge is -2.20. The van der Waals surface area contributed by atoms with Gasteiger partial charge in [-0.3, -0.25) is 0 Å². The van der Waals surface area contributed by atoms with Crippen molar-refractivity contribution >= 4 is 0 Å². The van der Waals surface area contributed by atoms with Crippen LogP contribution in [0.4, 0.5) is 0 Å². The van der Waals surface area contributed by atoms with Crippen molar-refractivity contribution < 1.29 is 14.6 Å². The van der Waals surface area contributed by atoms with E-state index in [1.165, 1.54) is 5.56 Å². The molecular formula is C18H28O3. The van der Waals surface area contributed by atoms with E-state index < -0.39 is 0 Å². The molecule has 0 unspecified atom stereocenters. The van der Waals surface area contributed by atoms with Gasteiger partial charge in [-0.15, -0.1) is 6.58 Å². The highest BCUT2D eigenvalue weighted by atomic mass is 16.7. The quantitative estimate of drug-likeness (QED) is 0.362. The molecule has 21 heavy (non-hydrogen) atoms. The van der Waals surface area contributed by atoms with Crippen LogP contribution in [0.2, 0.25) is 0 Å². The first kappa shape index (κ1) is 17.9. The molecule has 0 radical (unpaired) electrons. The summed E-state index contributed by atoms with van der Waals surface area (Å²) in [5.74, 6) is 0. The number of aliphatic hydroxyl groups is 1. The molecule has 0 amide bonds. The molecule has 2 atom stereocenters. The van der Waals surface area contributed by atoms with E-state index in [0.29, 0.717) is 12.8 Å². The second-order valence-electron chi connectivity index (χ2n) is 5.34. The molecule has 0 saturated heterocycles. The predicted molar refractivity (Wildman–Crippen MR) is 86.2 cm³/mol. The highest BCUT2D eigenvalue weighted by Gasteiger charge is 2.14. The number of hydrogen-bond donors (Lipinski definition) is 1. The van der Waals surface area contributed by atoms with Gasteiger partial charge in [-0.05, 0) is 37.7 Å². The lowest BCUT2D eigenvalue weighted by Crippen LogP contribution is -2.21. The Morgan fingerprint density at radius 2 is 2.00 bits per heavy atom. The molecule has 3 heteroatoms. The maximum Gasteiger partial charge on any atom is 0.146 e. The first-order valence-electron chi connectivity index (χ1n) is 7.69. The zero-order valence-corrected chi connectivity index (χ0v) is 13.0. The molecule has 0 aliphatic rings. The zero-order valence-electron chi connectivity index (χ0n) is 13.0.